The van der Waals surface area contributed by atoms with Crippen molar-refractivity contribution in [2.24, 2.45) is 0 Å². The van der Waals surface area contributed by atoms with Crippen LogP contribution in [0.25, 0.3) is 22.8 Å². The third-order valence-corrected chi connectivity index (χ3v) is 5.95. The van der Waals surface area contributed by atoms with E-state index in [9.17, 15) is 4.79 Å². The number of halogens is 2. The van der Waals surface area contributed by atoms with Gasteiger partial charge in [0.2, 0.25) is 0 Å². The smallest absolute Gasteiger partial charge is 0.269 e. The van der Waals surface area contributed by atoms with E-state index in [0.717, 1.165) is 11.1 Å². The van der Waals surface area contributed by atoms with Gasteiger partial charge in [-0.15, -0.1) is 0 Å². The molecule has 8 nitrogen and oxygen atoms in total. The fraction of sp³-hybridized carbons (Fsp3) is 0.167. The molecule has 0 radical (unpaired) electrons. The van der Waals surface area contributed by atoms with Gasteiger partial charge >= 0.3 is 0 Å². The number of rotatable bonds is 6. The van der Waals surface area contributed by atoms with Crippen LogP contribution in [0.2, 0.25) is 10.0 Å². The third-order valence-electron chi connectivity index (χ3n) is 5.36. The predicted molar refractivity (Wildman–Crippen MR) is 128 cm³/mol. The molecule has 5 rings (SSSR count). The highest BCUT2D eigenvalue weighted by molar-refractivity contribution is 6.35. The van der Waals surface area contributed by atoms with Gasteiger partial charge in [-0.2, -0.15) is 5.10 Å². The zero-order chi connectivity index (χ0) is 23.7. The summed E-state index contributed by atoms with van der Waals surface area (Å²) in [5.74, 6) is 1.45. The van der Waals surface area contributed by atoms with Crippen LogP contribution in [-0.4, -0.2) is 39.3 Å². The Bertz CT molecular complexity index is 1390. The first-order valence-corrected chi connectivity index (χ1v) is 11.2. The van der Waals surface area contributed by atoms with Gasteiger partial charge in [-0.05, 0) is 42.5 Å². The van der Waals surface area contributed by atoms with Crippen molar-refractivity contribution >= 4 is 29.1 Å². The van der Waals surface area contributed by atoms with Gasteiger partial charge in [0, 0.05) is 33.9 Å². The van der Waals surface area contributed by atoms with Crippen LogP contribution >= 0.6 is 23.2 Å². The van der Waals surface area contributed by atoms with Crippen LogP contribution in [-0.2, 0) is 13.2 Å². The highest BCUT2D eigenvalue weighted by Crippen LogP contribution is 2.33. The van der Waals surface area contributed by atoms with Gasteiger partial charge in [-0.25, -0.2) is 9.97 Å². The Kier molecular flexibility index (Phi) is 6.08. The maximum atomic E-state index is 12.1. The average molecular weight is 496 g/mol. The second-order valence-corrected chi connectivity index (χ2v) is 8.39. The van der Waals surface area contributed by atoms with Gasteiger partial charge in [0.1, 0.15) is 18.0 Å². The summed E-state index contributed by atoms with van der Waals surface area (Å²) in [6.45, 7) is 1.44. The molecule has 0 atom stereocenters. The summed E-state index contributed by atoms with van der Waals surface area (Å²) in [5, 5.41) is 8.43. The number of carbonyl (C=O) groups is 1. The van der Waals surface area contributed by atoms with E-state index in [0.29, 0.717) is 57.5 Å². The molecular formula is C24H19Cl2N5O3. The van der Waals surface area contributed by atoms with Crippen LogP contribution in [0.1, 0.15) is 16.1 Å². The third kappa shape index (κ3) is 4.42. The van der Waals surface area contributed by atoms with Gasteiger partial charge in [-0.3, -0.25) is 9.48 Å². The number of ether oxygens (including phenoxy) is 2. The number of aromatic nitrogens is 4. The molecule has 0 unspecified atom stereocenters. The maximum Gasteiger partial charge on any atom is 0.269 e. The number of benzene rings is 2. The molecule has 2 aromatic carbocycles. The van der Waals surface area contributed by atoms with Crippen molar-refractivity contribution < 1.29 is 14.3 Å². The molecule has 10 heteroatoms. The van der Waals surface area contributed by atoms with E-state index in [4.69, 9.17) is 32.7 Å². The average Bonchev–Trinajstić information content (AvgIpc) is 3.29. The van der Waals surface area contributed by atoms with Crippen molar-refractivity contribution in [2.75, 3.05) is 13.7 Å². The number of methoxy groups -OCH3 is 1. The normalized spacial score (nSPS) is 12.7. The number of hydrogen-bond acceptors (Lipinski definition) is 6. The molecule has 3 heterocycles. The van der Waals surface area contributed by atoms with Crippen LogP contribution in [0.15, 0.2) is 54.7 Å². The Balaban J connectivity index is 1.39. The molecule has 1 aliphatic rings. The molecule has 0 spiro atoms. The van der Waals surface area contributed by atoms with Crippen LogP contribution in [0.5, 0.6) is 11.5 Å². The van der Waals surface area contributed by atoms with Gasteiger partial charge in [0.15, 0.2) is 17.3 Å². The van der Waals surface area contributed by atoms with Crippen molar-refractivity contribution in [3.8, 4) is 34.3 Å². The number of carbonyl (C=O) groups excluding carboxylic acids is 1. The van der Waals surface area contributed by atoms with Gasteiger partial charge in [0.05, 0.1) is 19.3 Å². The summed E-state index contributed by atoms with van der Waals surface area (Å²) in [6.07, 6.45) is 1.66. The van der Waals surface area contributed by atoms with Crippen molar-refractivity contribution in [3.05, 3.63) is 76.0 Å². The Morgan fingerprint density at radius 2 is 1.94 bits per heavy atom. The Hall–Kier alpha value is -3.62. The van der Waals surface area contributed by atoms with Crippen molar-refractivity contribution in [1.82, 2.24) is 25.1 Å². The second-order valence-electron chi connectivity index (χ2n) is 7.55. The quantitative estimate of drug-likeness (QED) is 0.418. The maximum absolute atomic E-state index is 12.1. The zero-order valence-corrected chi connectivity index (χ0v) is 19.6. The van der Waals surface area contributed by atoms with Crippen molar-refractivity contribution in [1.29, 1.82) is 0 Å². The zero-order valence-electron chi connectivity index (χ0n) is 18.1. The summed E-state index contributed by atoms with van der Waals surface area (Å²) in [7, 11) is 1.57. The Morgan fingerprint density at radius 3 is 2.74 bits per heavy atom. The molecule has 34 heavy (non-hydrogen) atoms. The molecule has 0 saturated carbocycles. The molecule has 1 amide bonds. The fourth-order valence-corrected chi connectivity index (χ4v) is 4.08. The van der Waals surface area contributed by atoms with Crippen LogP contribution in [0, 0.1) is 0 Å². The van der Waals surface area contributed by atoms with Crippen LogP contribution in [0.3, 0.4) is 0 Å². The number of amides is 1. The Morgan fingerprint density at radius 1 is 1.06 bits per heavy atom. The predicted octanol–water partition coefficient (Wildman–Crippen LogP) is 4.64. The summed E-state index contributed by atoms with van der Waals surface area (Å²) in [6, 6.07) is 14.2. The van der Waals surface area contributed by atoms with Crippen LogP contribution in [0.4, 0.5) is 0 Å². The SMILES string of the molecule is COc1cc(-c2nccc(-c3cc4n(n3)CCNC4=O)n2)ccc1OCc1ccc(Cl)cc1Cl. The van der Waals surface area contributed by atoms with E-state index in [1.165, 1.54) is 0 Å². The minimum absolute atomic E-state index is 0.139. The summed E-state index contributed by atoms with van der Waals surface area (Å²) < 4.78 is 13.2. The highest BCUT2D eigenvalue weighted by atomic mass is 35.5. The first kappa shape index (κ1) is 22.2. The fourth-order valence-electron chi connectivity index (χ4n) is 3.62. The lowest BCUT2D eigenvalue weighted by Gasteiger charge is -2.13. The lowest BCUT2D eigenvalue weighted by molar-refractivity contribution is 0.0924. The number of nitrogens with one attached hydrogen (secondary N) is 1. The van der Waals surface area contributed by atoms with Gasteiger partial charge in [0.25, 0.3) is 5.91 Å². The largest absolute Gasteiger partial charge is 0.493 e. The summed E-state index contributed by atoms with van der Waals surface area (Å²) in [4.78, 5) is 21.1. The summed E-state index contributed by atoms with van der Waals surface area (Å²) in [5.41, 5.74) is 3.31. The molecule has 4 aromatic rings. The molecule has 172 valence electrons. The van der Waals surface area contributed by atoms with Gasteiger partial charge < -0.3 is 14.8 Å². The molecule has 1 aliphatic heterocycles. The minimum atomic E-state index is -0.139. The first-order chi connectivity index (χ1) is 16.5. The summed E-state index contributed by atoms with van der Waals surface area (Å²) >= 11 is 12.2. The van der Waals surface area contributed by atoms with E-state index in [2.05, 4.69) is 20.4 Å². The topological polar surface area (TPSA) is 91.2 Å². The number of hydrogen-bond donors (Lipinski definition) is 1. The first-order valence-electron chi connectivity index (χ1n) is 10.5. The van der Waals surface area contributed by atoms with Crippen molar-refractivity contribution in [3.63, 3.8) is 0 Å². The molecule has 0 aliphatic carbocycles. The van der Waals surface area contributed by atoms with E-state index in [1.54, 1.807) is 48.3 Å². The Labute approximate surface area is 205 Å². The van der Waals surface area contributed by atoms with Crippen molar-refractivity contribution in [2.45, 2.75) is 13.2 Å². The molecular weight excluding hydrogens is 477 g/mol. The number of fused-ring (bicyclic) bond motifs is 1. The molecule has 0 saturated heterocycles. The molecule has 2 aromatic heterocycles. The lowest BCUT2D eigenvalue weighted by atomic mass is 10.1. The standard InChI is InChI=1S/C24H19Cl2N5O3/c1-33-22-10-14(3-5-21(22)34-13-15-2-4-16(25)11-17(15)26)23-27-7-6-18(29-23)19-12-20-24(32)28-8-9-31(20)30-19/h2-7,10-12H,8-9,13H2,1H3,(H,28,32). The van der Waals surface area contributed by atoms with E-state index in [1.807, 2.05) is 18.2 Å². The second kappa shape index (κ2) is 9.32. The van der Waals surface area contributed by atoms with E-state index >= 15 is 0 Å². The molecule has 0 bridgehead atoms. The molecule has 0 fully saturated rings. The monoisotopic (exact) mass is 495 g/mol. The van der Waals surface area contributed by atoms with Gasteiger partial charge in [-0.1, -0.05) is 29.3 Å². The van der Waals surface area contributed by atoms with E-state index < -0.39 is 0 Å². The minimum Gasteiger partial charge on any atom is -0.493 e. The molecule has 1 N–H and O–H groups in total. The van der Waals surface area contributed by atoms with Crippen LogP contribution < -0.4 is 14.8 Å². The van der Waals surface area contributed by atoms with E-state index in [-0.39, 0.29) is 12.5 Å². The highest BCUT2D eigenvalue weighted by Gasteiger charge is 2.20. The number of nitrogens with zero attached hydrogens (tertiary/aromatic N) is 4. The lowest BCUT2D eigenvalue weighted by Crippen LogP contribution is -2.35.